The molecule has 2 amide bonds. The minimum Gasteiger partial charge on any atom is -0.459 e. The highest BCUT2D eigenvalue weighted by Gasteiger charge is 2.34. The van der Waals surface area contributed by atoms with Crippen LogP contribution in [0.25, 0.3) is 0 Å². The Hall–Kier alpha value is -4.07. The summed E-state index contributed by atoms with van der Waals surface area (Å²) < 4.78 is 33.9. The quantitative estimate of drug-likeness (QED) is 0.102. The van der Waals surface area contributed by atoms with Gasteiger partial charge in [-0.3, -0.25) is 43.6 Å². The molecule has 19 heteroatoms. The minimum atomic E-state index is -0.958. The number of hydrogen-bond acceptors (Lipinski definition) is 17. The Morgan fingerprint density at radius 1 is 0.435 bits per heavy atom. The van der Waals surface area contributed by atoms with Crippen molar-refractivity contribution in [2.24, 2.45) is 0 Å². The predicted octanol–water partition coefficient (Wildman–Crippen LogP) is 5.25. The van der Waals surface area contributed by atoms with Crippen LogP contribution in [0.2, 0.25) is 0 Å². The fourth-order valence-electron chi connectivity index (χ4n) is 6.96. The Bertz CT molecular complexity index is 1620. The van der Waals surface area contributed by atoms with Crippen LogP contribution in [-0.4, -0.2) is 186 Å². The van der Waals surface area contributed by atoms with Crippen molar-refractivity contribution in [3.8, 4) is 0 Å². The average Bonchev–Trinajstić information content (AvgIpc) is 3.10. The molecule has 19 nitrogen and oxygen atoms in total. The Balaban J connectivity index is 3.43. The average molecular weight is 985 g/mol. The highest BCUT2D eigenvalue weighted by molar-refractivity contribution is 5.82. The van der Waals surface area contributed by atoms with Gasteiger partial charge in [0, 0.05) is 65.3 Å². The normalized spacial score (nSPS) is 17.0. The summed E-state index contributed by atoms with van der Waals surface area (Å²) >= 11 is 0. The van der Waals surface area contributed by atoms with Crippen LogP contribution in [0.1, 0.15) is 157 Å². The van der Waals surface area contributed by atoms with E-state index in [0.29, 0.717) is 52.1 Å². The van der Waals surface area contributed by atoms with E-state index in [0.717, 1.165) is 0 Å². The van der Waals surface area contributed by atoms with Gasteiger partial charge in [-0.15, -0.1) is 0 Å². The van der Waals surface area contributed by atoms with Crippen molar-refractivity contribution in [3.05, 3.63) is 0 Å². The minimum absolute atomic E-state index is 0.00929. The summed E-state index contributed by atoms with van der Waals surface area (Å²) in [5, 5.41) is 5.55. The molecule has 2 atom stereocenters. The Morgan fingerprint density at radius 3 is 1.14 bits per heavy atom. The van der Waals surface area contributed by atoms with E-state index in [9.17, 15) is 33.6 Å². The lowest BCUT2D eigenvalue weighted by molar-refractivity contribution is -0.163. The number of rotatable bonds is 18. The van der Waals surface area contributed by atoms with Crippen LogP contribution in [0.3, 0.4) is 0 Å². The number of alkyl carbamates (subject to hydrolysis) is 1. The number of nitrogens with one attached hydrogen (secondary N) is 2. The van der Waals surface area contributed by atoms with E-state index >= 15 is 0 Å². The molecule has 0 aromatic carbocycles. The molecule has 1 saturated heterocycles. The maximum atomic E-state index is 14.2. The third kappa shape index (κ3) is 32.4. The molecule has 0 radical (unpaired) electrons. The number of unbranched alkanes of at least 4 members (excludes halogenated alkanes) is 1. The molecule has 1 unspecified atom stereocenters. The molecule has 0 spiro atoms. The molecule has 0 saturated carbocycles. The first-order valence-corrected chi connectivity index (χ1v) is 24.6. The van der Waals surface area contributed by atoms with Gasteiger partial charge in [0.05, 0.1) is 19.6 Å². The van der Waals surface area contributed by atoms with Crippen LogP contribution >= 0.6 is 0 Å². The first-order chi connectivity index (χ1) is 31.3. The van der Waals surface area contributed by atoms with E-state index in [-0.39, 0.29) is 64.4 Å². The van der Waals surface area contributed by atoms with Crippen LogP contribution in [-0.2, 0) is 57.2 Å². The van der Waals surface area contributed by atoms with Gasteiger partial charge < -0.3 is 39.1 Å². The van der Waals surface area contributed by atoms with Gasteiger partial charge in [0.2, 0.25) is 5.91 Å². The van der Waals surface area contributed by atoms with Gasteiger partial charge in [-0.25, -0.2) is 9.59 Å². The third-order valence-corrected chi connectivity index (χ3v) is 9.58. The fourth-order valence-corrected chi connectivity index (χ4v) is 6.96. The van der Waals surface area contributed by atoms with Crippen molar-refractivity contribution in [2.75, 3.05) is 78.5 Å². The van der Waals surface area contributed by atoms with Gasteiger partial charge in [-0.05, 0) is 150 Å². The highest BCUT2D eigenvalue weighted by atomic mass is 16.6. The van der Waals surface area contributed by atoms with Crippen molar-refractivity contribution in [3.63, 3.8) is 0 Å². The van der Waals surface area contributed by atoms with E-state index in [2.05, 4.69) is 10.6 Å². The van der Waals surface area contributed by atoms with Crippen molar-refractivity contribution in [2.45, 2.75) is 202 Å². The summed E-state index contributed by atoms with van der Waals surface area (Å²) in [5.41, 5.74) is -4.52. The molecule has 0 aromatic rings. The zero-order valence-corrected chi connectivity index (χ0v) is 45.8. The van der Waals surface area contributed by atoms with Gasteiger partial charge in [-0.1, -0.05) is 0 Å². The van der Waals surface area contributed by atoms with Crippen molar-refractivity contribution >= 4 is 41.8 Å². The van der Waals surface area contributed by atoms with E-state index < -0.39 is 81.6 Å². The van der Waals surface area contributed by atoms with Crippen molar-refractivity contribution in [1.29, 1.82) is 0 Å². The van der Waals surface area contributed by atoms with Crippen molar-refractivity contribution < 1.29 is 62.0 Å². The van der Waals surface area contributed by atoms with Gasteiger partial charge in [0.1, 0.15) is 45.7 Å². The maximum absolute atomic E-state index is 14.2. The molecule has 1 aliphatic rings. The highest BCUT2D eigenvalue weighted by Crippen LogP contribution is 2.19. The lowest BCUT2D eigenvalue weighted by Crippen LogP contribution is -2.53. The number of hydrogen-bond donors (Lipinski definition) is 2. The van der Waals surface area contributed by atoms with Crippen LogP contribution in [0, 0.1) is 0 Å². The summed E-state index contributed by atoms with van der Waals surface area (Å²) in [6.45, 7) is 34.7. The smallest absolute Gasteiger partial charge is 0.408 e. The summed E-state index contributed by atoms with van der Waals surface area (Å²) in [4.78, 5) is 101. The molecule has 1 aliphatic heterocycles. The zero-order chi connectivity index (χ0) is 53.2. The molecule has 1 rings (SSSR count). The lowest BCUT2D eigenvalue weighted by Gasteiger charge is -2.37. The van der Waals surface area contributed by atoms with Crippen LogP contribution in [0.15, 0.2) is 0 Å². The first-order valence-electron chi connectivity index (χ1n) is 24.6. The van der Waals surface area contributed by atoms with Gasteiger partial charge in [0.15, 0.2) is 0 Å². The number of carbonyl (C=O) groups excluding carboxylic acids is 7. The topological polar surface area (TPSA) is 212 Å². The Kier molecular flexibility index (Phi) is 25.1. The number of ether oxygens (including phenoxy) is 6. The summed E-state index contributed by atoms with van der Waals surface area (Å²) in [7, 11) is 0. The van der Waals surface area contributed by atoms with Gasteiger partial charge in [0.25, 0.3) is 0 Å². The molecule has 2 N–H and O–H groups in total. The molecule has 1 fully saturated rings. The summed E-state index contributed by atoms with van der Waals surface area (Å²) in [5.74, 6) is -2.66. The van der Waals surface area contributed by atoms with E-state index in [1.54, 1.807) is 125 Å². The first kappa shape index (κ1) is 62.9. The molecular weight excluding hydrogens is 893 g/mol. The van der Waals surface area contributed by atoms with Gasteiger partial charge >= 0.3 is 35.9 Å². The van der Waals surface area contributed by atoms with Gasteiger partial charge in [-0.2, -0.15) is 0 Å². The molecule has 0 aliphatic carbocycles. The maximum Gasteiger partial charge on any atom is 0.408 e. The van der Waals surface area contributed by atoms with E-state index in [1.807, 2.05) is 19.6 Å². The SMILES string of the molecule is CC(C)(C)OC(=O)CN1CCN(CC(=O)OC(C)(C)C)CCN(C(CCC(=O)NCCCC[C@H](NC(=O)OC(C)(C)C)C(=O)OC(C)(C)C)C(=O)OC(C)(C)C)CCN(CC(=O)OC(C)(C)C)CC1. The van der Waals surface area contributed by atoms with Crippen molar-refractivity contribution in [1.82, 2.24) is 30.2 Å². The molecule has 1 heterocycles. The second kappa shape index (κ2) is 27.5. The van der Waals surface area contributed by atoms with Crippen LogP contribution in [0.4, 0.5) is 4.79 Å². The lowest BCUT2D eigenvalue weighted by atomic mass is 10.1. The standard InChI is InChI=1S/C50H92N6O13/c1-45(2,3)64-39(58)33-53-25-27-54(34-40(59)65-46(4,5)6)29-31-56(32-30-55(28-26-53)35-41(60)66-47(7,8)9)37(43(62)68-49(13,14)15)22-23-38(57)51-24-20-19-21-36(42(61)67-48(10,11)12)52-44(63)69-50(16,17)18/h36-37H,19-35H2,1-18H3,(H,51,57)(H,52,63)/t36-,37?/m0/s1. The Labute approximate surface area is 414 Å². The molecule has 0 aromatic heterocycles. The predicted molar refractivity (Wildman–Crippen MR) is 263 cm³/mol. The second-order valence-corrected chi connectivity index (χ2v) is 23.8. The van der Waals surface area contributed by atoms with Crippen LogP contribution < -0.4 is 10.6 Å². The molecule has 69 heavy (non-hydrogen) atoms. The Morgan fingerprint density at radius 2 is 0.783 bits per heavy atom. The number of amides is 2. The summed E-state index contributed by atoms with van der Waals surface area (Å²) in [6.07, 6.45) is 0.535. The zero-order valence-electron chi connectivity index (χ0n) is 45.8. The molecule has 400 valence electrons. The molecule has 0 bridgehead atoms. The number of esters is 5. The monoisotopic (exact) mass is 985 g/mol. The summed E-state index contributed by atoms with van der Waals surface area (Å²) in [6, 6.07) is -1.84. The van der Waals surface area contributed by atoms with E-state index in [1.165, 1.54) is 0 Å². The third-order valence-electron chi connectivity index (χ3n) is 9.58. The largest absolute Gasteiger partial charge is 0.459 e. The van der Waals surface area contributed by atoms with E-state index in [4.69, 9.17) is 28.4 Å². The van der Waals surface area contributed by atoms with Crippen LogP contribution in [0.5, 0.6) is 0 Å². The number of carbonyl (C=O) groups is 7. The molecular formula is C50H92N6O13. The number of nitrogens with zero attached hydrogens (tertiary/aromatic N) is 4. The second-order valence-electron chi connectivity index (χ2n) is 23.8. The fraction of sp³-hybridized carbons (Fsp3) is 0.860.